The fraction of sp³-hybridized carbons (Fsp3) is 0.333. The molecule has 122 valence electrons. The van der Waals surface area contributed by atoms with Gasteiger partial charge in [0, 0.05) is 0 Å². The molecule has 0 saturated carbocycles. The first-order valence-electron chi connectivity index (χ1n) is 7.07. The van der Waals surface area contributed by atoms with Gasteiger partial charge in [-0.25, -0.2) is 9.48 Å². The van der Waals surface area contributed by atoms with Crippen molar-refractivity contribution in [3.63, 3.8) is 0 Å². The van der Waals surface area contributed by atoms with Crippen LogP contribution in [0.3, 0.4) is 0 Å². The molecule has 8 nitrogen and oxygen atoms in total. The normalized spacial score (nSPS) is 11.7. The van der Waals surface area contributed by atoms with Gasteiger partial charge in [-0.05, 0) is 31.5 Å². The Kier molecular flexibility index (Phi) is 5.29. The van der Waals surface area contributed by atoms with Gasteiger partial charge in [0.2, 0.25) is 5.91 Å². The fourth-order valence-corrected chi connectivity index (χ4v) is 1.90. The van der Waals surface area contributed by atoms with Crippen molar-refractivity contribution >= 4 is 11.9 Å². The van der Waals surface area contributed by atoms with Crippen molar-refractivity contribution in [2.75, 3.05) is 6.54 Å². The average Bonchev–Trinajstić information content (AvgIpc) is 2.94. The predicted octanol–water partition coefficient (Wildman–Crippen LogP) is 0.868. The monoisotopic (exact) mass is 318 g/mol. The zero-order valence-corrected chi connectivity index (χ0v) is 12.9. The standard InChI is InChI=1S/C15H18N4O4/c1-10-4-3-5-12(6-10)23-11(2)7-16-14(20)9-19-8-13(15(21)22)17-18-19/h3-6,8,11H,7,9H2,1-2H3,(H,16,20)(H,21,22). The second kappa shape index (κ2) is 7.39. The van der Waals surface area contributed by atoms with Gasteiger partial charge in [-0.1, -0.05) is 17.3 Å². The second-order valence-corrected chi connectivity index (χ2v) is 5.16. The van der Waals surface area contributed by atoms with E-state index in [0.29, 0.717) is 6.54 Å². The third-order valence-electron chi connectivity index (χ3n) is 2.98. The molecule has 23 heavy (non-hydrogen) atoms. The molecule has 0 aliphatic rings. The molecule has 8 heteroatoms. The Labute approximate surface area is 133 Å². The Hall–Kier alpha value is -2.90. The van der Waals surface area contributed by atoms with E-state index in [2.05, 4.69) is 15.6 Å². The van der Waals surface area contributed by atoms with E-state index in [-0.39, 0.29) is 24.2 Å². The number of carboxylic acids is 1. The summed E-state index contributed by atoms with van der Waals surface area (Å²) in [5.41, 5.74) is 0.896. The SMILES string of the molecule is Cc1cccc(OC(C)CNC(=O)Cn2cc(C(=O)O)nn2)c1. The highest BCUT2D eigenvalue weighted by molar-refractivity contribution is 5.84. The van der Waals surface area contributed by atoms with Crippen molar-refractivity contribution in [2.24, 2.45) is 0 Å². The van der Waals surface area contributed by atoms with E-state index in [4.69, 9.17) is 9.84 Å². The molecule has 1 atom stereocenters. The number of hydrogen-bond acceptors (Lipinski definition) is 5. The number of carbonyl (C=O) groups is 2. The summed E-state index contributed by atoms with van der Waals surface area (Å²) in [6.07, 6.45) is 1.00. The summed E-state index contributed by atoms with van der Waals surface area (Å²) in [7, 11) is 0. The van der Waals surface area contributed by atoms with Crippen LogP contribution in [0.4, 0.5) is 0 Å². The molecule has 0 aliphatic heterocycles. The lowest BCUT2D eigenvalue weighted by molar-refractivity contribution is -0.122. The highest BCUT2D eigenvalue weighted by atomic mass is 16.5. The predicted molar refractivity (Wildman–Crippen MR) is 81.3 cm³/mol. The molecular formula is C15H18N4O4. The third-order valence-corrected chi connectivity index (χ3v) is 2.98. The average molecular weight is 318 g/mol. The molecule has 0 saturated heterocycles. The van der Waals surface area contributed by atoms with Gasteiger partial charge in [0.15, 0.2) is 5.69 Å². The van der Waals surface area contributed by atoms with Crippen LogP contribution in [0.5, 0.6) is 5.75 Å². The Morgan fingerprint density at radius 3 is 2.87 bits per heavy atom. The molecule has 2 N–H and O–H groups in total. The first-order valence-corrected chi connectivity index (χ1v) is 7.07. The van der Waals surface area contributed by atoms with E-state index in [0.717, 1.165) is 11.3 Å². The molecule has 2 rings (SSSR count). The minimum atomic E-state index is -1.18. The Bertz CT molecular complexity index is 698. The lowest BCUT2D eigenvalue weighted by Gasteiger charge is -2.15. The number of benzene rings is 1. The lowest BCUT2D eigenvalue weighted by Crippen LogP contribution is -2.35. The number of nitrogens with zero attached hydrogens (tertiary/aromatic N) is 3. The summed E-state index contributed by atoms with van der Waals surface area (Å²) in [6, 6.07) is 7.65. The molecule has 2 aromatic rings. The number of aromatic carboxylic acids is 1. The van der Waals surface area contributed by atoms with Gasteiger partial charge >= 0.3 is 5.97 Å². The number of rotatable bonds is 7. The number of aryl methyl sites for hydroxylation is 1. The molecule has 1 aromatic heterocycles. The van der Waals surface area contributed by atoms with Crippen LogP contribution in [0.2, 0.25) is 0 Å². The van der Waals surface area contributed by atoms with Crippen molar-refractivity contribution in [2.45, 2.75) is 26.5 Å². The van der Waals surface area contributed by atoms with Gasteiger partial charge in [0.1, 0.15) is 18.4 Å². The maximum atomic E-state index is 11.8. The Morgan fingerprint density at radius 2 is 2.22 bits per heavy atom. The zero-order valence-electron chi connectivity index (χ0n) is 12.9. The molecule has 0 fully saturated rings. The number of carboxylic acid groups (broad SMARTS) is 1. The summed E-state index contributed by atoms with van der Waals surface area (Å²) < 4.78 is 6.88. The van der Waals surface area contributed by atoms with Crippen LogP contribution < -0.4 is 10.1 Å². The molecule has 0 bridgehead atoms. The van der Waals surface area contributed by atoms with Crippen LogP contribution >= 0.6 is 0 Å². The Morgan fingerprint density at radius 1 is 1.43 bits per heavy atom. The Balaban J connectivity index is 1.78. The van der Waals surface area contributed by atoms with Crippen LogP contribution in [-0.4, -0.2) is 44.6 Å². The highest BCUT2D eigenvalue weighted by Gasteiger charge is 2.11. The van der Waals surface area contributed by atoms with Gasteiger partial charge in [-0.2, -0.15) is 0 Å². The van der Waals surface area contributed by atoms with Gasteiger partial charge in [-0.3, -0.25) is 4.79 Å². The van der Waals surface area contributed by atoms with Crippen LogP contribution in [0.25, 0.3) is 0 Å². The van der Waals surface area contributed by atoms with Crippen LogP contribution in [0.15, 0.2) is 30.5 Å². The minimum Gasteiger partial charge on any atom is -0.489 e. The van der Waals surface area contributed by atoms with Gasteiger partial charge in [-0.15, -0.1) is 5.10 Å². The molecule has 1 aromatic carbocycles. The molecule has 1 amide bonds. The van der Waals surface area contributed by atoms with E-state index in [1.54, 1.807) is 0 Å². The van der Waals surface area contributed by atoms with Crippen molar-refractivity contribution in [3.05, 3.63) is 41.7 Å². The van der Waals surface area contributed by atoms with Crippen LogP contribution in [0, 0.1) is 6.92 Å². The number of aromatic nitrogens is 3. The van der Waals surface area contributed by atoms with Crippen molar-refractivity contribution in [1.82, 2.24) is 20.3 Å². The van der Waals surface area contributed by atoms with Gasteiger partial charge < -0.3 is 15.2 Å². The molecule has 1 unspecified atom stereocenters. The van der Waals surface area contributed by atoms with E-state index < -0.39 is 5.97 Å². The van der Waals surface area contributed by atoms with Crippen molar-refractivity contribution in [1.29, 1.82) is 0 Å². The van der Waals surface area contributed by atoms with E-state index in [9.17, 15) is 9.59 Å². The molecule has 0 radical (unpaired) electrons. The second-order valence-electron chi connectivity index (χ2n) is 5.16. The number of amides is 1. The van der Waals surface area contributed by atoms with E-state index in [1.165, 1.54) is 10.9 Å². The topological polar surface area (TPSA) is 106 Å². The van der Waals surface area contributed by atoms with Crippen molar-refractivity contribution in [3.8, 4) is 5.75 Å². The molecule has 0 spiro atoms. The zero-order chi connectivity index (χ0) is 16.8. The summed E-state index contributed by atoms with van der Waals surface area (Å²) in [4.78, 5) is 22.5. The number of nitrogens with one attached hydrogen (secondary N) is 1. The molecule has 1 heterocycles. The minimum absolute atomic E-state index is 0.0998. The van der Waals surface area contributed by atoms with Gasteiger partial charge in [0.05, 0.1) is 12.7 Å². The maximum Gasteiger partial charge on any atom is 0.358 e. The highest BCUT2D eigenvalue weighted by Crippen LogP contribution is 2.13. The number of carbonyl (C=O) groups excluding carboxylic acids is 1. The molecule has 0 aliphatic carbocycles. The smallest absolute Gasteiger partial charge is 0.358 e. The first-order chi connectivity index (χ1) is 10.9. The van der Waals surface area contributed by atoms with E-state index >= 15 is 0 Å². The number of hydrogen-bond donors (Lipinski definition) is 2. The maximum absolute atomic E-state index is 11.8. The third kappa shape index (κ3) is 5.10. The lowest BCUT2D eigenvalue weighted by atomic mass is 10.2. The van der Waals surface area contributed by atoms with Gasteiger partial charge in [0.25, 0.3) is 0 Å². The van der Waals surface area contributed by atoms with E-state index in [1.807, 2.05) is 38.1 Å². The summed E-state index contributed by atoms with van der Waals surface area (Å²) >= 11 is 0. The number of ether oxygens (including phenoxy) is 1. The van der Waals surface area contributed by atoms with Crippen molar-refractivity contribution < 1.29 is 19.4 Å². The summed E-state index contributed by atoms with van der Waals surface area (Å²) in [5.74, 6) is -0.738. The summed E-state index contributed by atoms with van der Waals surface area (Å²) in [6.45, 7) is 4.05. The quantitative estimate of drug-likeness (QED) is 0.784. The summed E-state index contributed by atoms with van der Waals surface area (Å²) in [5, 5.41) is 18.5. The van der Waals surface area contributed by atoms with Crippen LogP contribution in [-0.2, 0) is 11.3 Å². The fourth-order valence-electron chi connectivity index (χ4n) is 1.90. The molecular weight excluding hydrogens is 300 g/mol. The largest absolute Gasteiger partial charge is 0.489 e. The first kappa shape index (κ1) is 16.5. The van der Waals surface area contributed by atoms with Crippen LogP contribution in [0.1, 0.15) is 23.0 Å².